The molecular weight excluding hydrogens is 248 g/mol. The molecule has 2 heterocycles. The van der Waals surface area contributed by atoms with Crippen LogP contribution in [-0.2, 0) is 14.3 Å². The Morgan fingerprint density at radius 1 is 1.37 bits per heavy atom. The molecule has 0 aliphatic carbocycles. The van der Waals surface area contributed by atoms with Crippen LogP contribution in [0.15, 0.2) is 11.8 Å². The summed E-state index contributed by atoms with van der Waals surface area (Å²) in [5.74, 6) is 0.166. The molecule has 106 valence electrons. The van der Waals surface area contributed by atoms with E-state index in [2.05, 4.69) is 4.90 Å². The summed E-state index contributed by atoms with van der Waals surface area (Å²) in [6.07, 6.45) is 2.09. The van der Waals surface area contributed by atoms with Crippen LogP contribution in [0.25, 0.3) is 0 Å². The van der Waals surface area contributed by atoms with E-state index in [9.17, 15) is 9.59 Å². The Balaban J connectivity index is 1.84. The van der Waals surface area contributed by atoms with Crippen molar-refractivity contribution in [3.8, 4) is 0 Å². The first-order valence-corrected chi connectivity index (χ1v) is 6.68. The van der Waals surface area contributed by atoms with Crippen LogP contribution in [0.2, 0.25) is 0 Å². The lowest BCUT2D eigenvalue weighted by Crippen LogP contribution is -2.47. The van der Waals surface area contributed by atoms with E-state index < -0.39 is 0 Å². The van der Waals surface area contributed by atoms with Gasteiger partial charge in [-0.1, -0.05) is 0 Å². The molecule has 0 spiro atoms. The quantitative estimate of drug-likeness (QED) is 0.688. The number of hydrogen-bond donors (Lipinski definition) is 0. The van der Waals surface area contributed by atoms with Crippen LogP contribution in [-0.4, -0.2) is 67.7 Å². The number of nitrogens with zero attached hydrogens (tertiary/aromatic N) is 2. The van der Waals surface area contributed by atoms with E-state index in [1.807, 2.05) is 6.20 Å². The van der Waals surface area contributed by atoms with Crippen LogP contribution in [0.3, 0.4) is 0 Å². The maximum Gasteiger partial charge on any atom is 0.409 e. The summed E-state index contributed by atoms with van der Waals surface area (Å²) in [7, 11) is 0. The smallest absolute Gasteiger partial charge is 0.409 e. The molecule has 2 rings (SSSR count). The molecule has 0 unspecified atom stereocenters. The molecule has 0 aromatic carbocycles. The monoisotopic (exact) mass is 268 g/mol. The van der Waals surface area contributed by atoms with Crippen LogP contribution >= 0.6 is 0 Å². The van der Waals surface area contributed by atoms with Gasteiger partial charge in [-0.25, -0.2) is 4.79 Å². The van der Waals surface area contributed by atoms with E-state index in [0.717, 1.165) is 18.7 Å². The van der Waals surface area contributed by atoms with Gasteiger partial charge in [-0.05, 0) is 6.92 Å². The molecule has 1 amide bonds. The highest BCUT2D eigenvalue weighted by Gasteiger charge is 2.22. The lowest BCUT2D eigenvalue weighted by atomic mass is 10.1. The SMILES string of the molecule is CCOC(=O)N1CCN(/C=C2\COCCC2=O)CC1. The molecular formula is C13H20N2O4. The third-order valence-electron chi connectivity index (χ3n) is 3.27. The van der Waals surface area contributed by atoms with Crippen LogP contribution in [0.5, 0.6) is 0 Å². The van der Waals surface area contributed by atoms with Gasteiger partial charge in [0.1, 0.15) is 0 Å². The van der Waals surface area contributed by atoms with Crippen molar-refractivity contribution in [2.45, 2.75) is 13.3 Å². The topological polar surface area (TPSA) is 59.1 Å². The van der Waals surface area contributed by atoms with Crippen molar-refractivity contribution in [1.29, 1.82) is 0 Å². The zero-order chi connectivity index (χ0) is 13.7. The van der Waals surface area contributed by atoms with E-state index in [-0.39, 0.29) is 11.9 Å². The number of hydrogen-bond acceptors (Lipinski definition) is 5. The van der Waals surface area contributed by atoms with Gasteiger partial charge in [0.15, 0.2) is 5.78 Å². The van der Waals surface area contributed by atoms with Crippen molar-refractivity contribution in [2.75, 3.05) is 46.0 Å². The van der Waals surface area contributed by atoms with E-state index in [4.69, 9.17) is 9.47 Å². The highest BCUT2D eigenvalue weighted by molar-refractivity contribution is 5.96. The van der Waals surface area contributed by atoms with Crippen molar-refractivity contribution in [2.24, 2.45) is 0 Å². The molecule has 0 saturated carbocycles. The Hall–Kier alpha value is -1.56. The Morgan fingerprint density at radius 2 is 2.11 bits per heavy atom. The maximum absolute atomic E-state index is 11.7. The normalized spacial score (nSPS) is 22.8. The molecule has 0 N–H and O–H groups in total. The van der Waals surface area contributed by atoms with E-state index in [1.54, 1.807) is 11.8 Å². The summed E-state index contributed by atoms with van der Waals surface area (Å²) in [4.78, 5) is 27.0. The number of ether oxygens (including phenoxy) is 2. The molecule has 0 aromatic rings. The van der Waals surface area contributed by atoms with Crippen molar-refractivity contribution in [3.63, 3.8) is 0 Å². The molecule has 6 heteroatoms. The number of ketones is 1. The Bertz CT molecular complexity index is 373. The highest BCUT2D eigenvalue weighted by atomic mass is 16.6. The molecule has 0 bridgehead atoms. The van der Waals surface area contributed by atoms with Crippen LogP contribution < -0.4 is 0 Å². The number of carbonyl (C=O) groups is 2. The first-order valence-electron chi connectivity index (χ1n) is 6.68. The third-order valence-corrected chi connectivity index (χ3v) is 3.27. The van der Waals surface area contributed by atoms with Gasteiger partial charge in [0, 0.05) is 44.4 Å². The average molecular weight is 268 g/mol. The number of amides is 1. The predicted molar refractivity (Wildman–Crippen MR) is 68.7 cm³/mol. The molecule has 6 nitrogen and oxygen atoms in total. The Labute approximate surface area is 112 Å². The Morgan fingerprint density at radius 3 is 2.74 bits per heavy atom. The average Bonchev–Trinajstić information content (AvgIpc) is 2.42. The second-order valence-electron chi connectivity index (χ2n) is 4.60. The van der Waals surface area contributed by atoms with Gasteiger partial charge < -0.3 is 19.3 Å². The number of piperazine rings is 1. The van der Waals surface area contributed by atoms with Crippen molar-refractivity contribution in [3.05, 3.63) is 11.8 Å². The number of carbonyl (C=O) groups excluding carboxylic acids is 2. The van der Waals surface area contributed by atoms with Gasteiger partial charge in [-0.3, -0.25) is 4.79 Å². The summed E-state index contributed by atoms with van der Waals surface area (Å²) >= 11 is 0. The molecule has 2 saturated heterocycles. The second kappa shape index (κ2) is 6.56. The predicted octanol–water partition coefficient (Wildman–Crippen LogP) is 0.634. The second-order valence-corrected chi connectivity index (χ2v) is 4.60. The molecule has 2 aliphatic rings. The van der Waals surface area contributed by atoms with Gasteiger partial charge in [0.05, 0.1) is 19.8 Å². The van der Waals surface area contributed by atoms with Crippen molar-refractivity contribution >= 4 is 11.9 Å². The maximum atomic E-state index is 11.7. The Kier molecular flexibility index (Phi) is 4.79. The first-order chi connectivity index (χ1) is 9.20. The zero-order valence-corrected chi connectivity index (χ0v) is 11.3. The van der Waals surface area contributed by atoms with Gasteiger partial charge in [-0.2, -0.15) is 0 Å². The minimum Gasteiger partial charge on any atom is -0.450 e. The van der Waals surface area contributed by atoms with Crippen molar-refractivity contribution in [1.82, 2.24) is 9.80 Å². The minimum atomic E-state index is -0.258. The van der Waals surface area contributed by atoms with Crippen LogP contribution in [0.1, 0.15) is 13.3 Å². The number of rotatable bonds is 2. The largest absolute Gasteiger partial charge is 0.450 e. The molecule has 0 aromatic heterocycles. The first kappa shape index (κ1) is 13.9. The lowest BCUT2D eigenvalue weighted by Gasteiger charge is -2.34. The van der Waals surface area contributed by atoms with Gasteiger partial charge in [-0.15, -0.1) is 0 Å². The summed E-state index contributed by atoms with van der Waals surface area (Å²) in [5.41, 5.74) is 0.732. The van der Waals surface area contributed by atoms with Crippen LogP contribution in [0, 0.1) is 0 Å². The fourth-order valence-corrected chi connectivity index (χ4v) is 2.17. The summed E-state index contributed by atoms with van der Waals surface area (Å²) in [6.45, 7) is 5.80. The fraction of sp³-hybridized carbons (Fsp3) is 0.692. The third kappa shape index (κ3) is 3.70. The highest BCUT2D eigenvalue weighted by Crippen LogP contribution is 2.12. The summed E-state index contributed by atoms with van der Waals surface area (Å²) in [6, 6.07) is 0. The van der Waals surface area contributed by atoms with Crippen LogP contribution in [0.4, 0.5) is 4.79 Å². The molecule has 2 aliphatic heterocycles. The van der Waals surface area contributed by atoms with Gasteiger partial charge in [0.2, 0.25) is 0 Å². The zero-order valence-electron chi connectivity index (χ0n) is 11.3. The van der Waals surface area contributed by atoms with E-state index >= 15 is 0 Å². The van der Waals surface area contributed by atoms with E-state index in [0.29, 0.717) is 39.3 Å². The number of Topliss-reactive ketones (excluding diaryl/α,β-unsaturated/α-hetero) is 1. The van der Waals surface area contributed by atoms with Gasteiger partial charge >= 0.3 is 6.09 Å². The molecule has 19 heavy (non-hydrogen) atoms. The lowest BCUT2D eigenvalue weighted by molar-refractivity contribution is -0.119. The molecule has 0 radical (unpaired) electrons. The minimum absolute atomic E-state index is 0.166. The van der Waals surface area contributed by atoms with E-state index in [1.165, 1.54) is 0 Å². The van der Waals surface area contributed by atoms with Crippen molar-refractivity contribution < 1.29 is 19.1 Å². The summed E-state index contributed by atoms with van der Waals surface area (Å²) < 4.78 is 10.2. The molecule has 2 fully saturated rings. The van der Waals surface area contributed by atoms with Gasteiger partial charge in [0.25, 0.3) is 0 Å². The fourth-order valence-electron chi connectivity index (χ4n) is 2.17. The standard InChI is InChI=1S/C13H20N2O4/c1-2-19-13(17)15-6-4-14(5-7-15)9-11-10-18-8-3-12(11)16/h9H,2-8,10H2,1H3/b11-9+. The summed E-state index contributed by atoms with van der Waals surface area (Å²) in [5, 5.41) is 0. The molecule has 0 atom stereocenters.